The molecule has 1 rings (SSSR count). The van der Waals surface area contributed by atoms with Crippen LogP contribution in [-0.4, -0.2) is 48.5 Å². The molecule has 114 valence electrons. The Kier molecular flexibility index (Phi) is 6.99. The maximum atomic E-state index is 10.5. The second-order valence-corrected chi connectivity index (χ2v) is 5.29. The summed E-state index contributed by atoms with van der Waals surface area (Å²) < 4.78 is 5.35. The number of ether oxygens (including phenoxy) is 1. The molecule has 0 amide bonds. The Morgan fingerprint density at radius 1 is 1.30 bits per heavy atom. The second kappa shape index (κ2) is 8.25. The van der Waals surface area contributed by atoms with Crippen molar-refractivity contribution in [1.29, 1.82) is 0 Å². The summed E-state index contributed by atoms with van der Waals surface area (Å²) in [6.07, 6.45) is -0.616. The molecule has 0 aliphatic heterocycles. The zero-order valence-electron chi connectivity index (χ0n) is 13.0. The Labute approximate surface area is 122 Å². The Hall–Kier alpha value is -1.10. The molecule has 0 saturated heterocycles. The van der Waals surface area contributed by atoms with E-state index in [1.54, 1.807) is 7.11 Å². The predicted molar refractivity (Wildman–Crippen MR) is 81.2 cm³/mol. The lowest BCUT2D eigenvalue weighted by atomic mass is 9.97. The fraction of sp³-hybridized carbons (Fsp3) is 0.625. The summed E-state index contributed by atoms with van der Waals surface area (Å²) in [7, 11) is 1.62. The van der Waals surface area contributed by atoms with Gasteiger partial charge in [-0.2, -0.15) is 0 Å². The molecule has 0 aromatic heterocycles. The van der Waals surface area contributed by atoms with Gasteiger partial charge in [-0.15, -0.1) is 0 Å². The van der Waals surface area contributed by atoms with E-state index in [1.807, 2.05) is 30.0 Å². The molecule has 0 heterocycles. The molecule has 4 nitrogen and oxygen atoms in total. The number of benzene rings is 1. The number of likely N-dealkylation sites (N-methyl/N-ethyl adjacent to an activating group) is 1. The first-order chi connectivity index (χ1) is 9.53. The quantitative estimate of drug-likeness (QED) is 0.767. The van der Waals surface area contributed by atoms with Gasteiger partial charge in [-0.1, -0.05) is 26.8 Å². The van der Waals surface area contributed by atoms with Crippen LogP contribution in [0.1, 0.15) is 43.9 Å². The van der Waals surface area contributed by atoms with Crippen molar-refractivity contribution in [3.05, 3.63) is 29.3 Å². The van der Waals surface area contributed by atoms with Crippen LogP contribution in [0.2, 0.25) is 0 Å². The number of hydrogen-bond donors (Lipinski definition) is 2. The molecule has 0 aliphatic rings. The normalized spacial score (nSPS) is 13.0. The van der Waals surface area contributed by atoms with Crippen LogP contribution in [0.5, 0.6) is 5.75 Å². The lowest BCUT2D eigenvalue weighted by Crippen LogP contribution is -2.31. The van der Waals surface area contributed by atoms with Gasteiger partial charge >= 0.3 is 0 Å². The molecule has 0 spiro atoms. The molecule has 0 saturated carbocycles. The molecule has 0 bridgehead atoms. The van der Waals surface area contributed by atoms with E-state index >= 15 is 0 Å². The van der Waals surface area contributed by atoms with Crippen LogP contribution in [0.25, 0.3) is 0 Å². The van der Waals surface area contributed by atoms with E-state index in [2.05, 4.69) is 13.8 Å². The Morgan fingerprint density at radius 2 is 2.00 bits per heavy atom. The van der Waals surface area contributed by atoms with Crippen molar-refractivity contribution >= 4 is 0 Å². The van der Waals surface area contributed by atoms with Gasteiger partial charge in [0.05, 0.1) is 19.8 Å². The van der Waals surface area contributed by atoms with Gasteiger partial charge in [0.2, 0.25) is 0 Å². The van der Waals surface area contributed by atoms with Crippen LogP contribution in [0.15, 0.2) is 18.2 Å². The summed E-state index contributed by atoms with van der Waals surface area (Å²) in [4.78, 5) is 2.02. The highest BCUT2D eigenvalue weighted by atomic mass is 16.5. The minimum absolute atomic E-state index is 0.101. The molecular weight excluding hydrogens is 254 g/mol. The van der Waals surface area contributed by atoms with Crippen molar-refractivity contribution in [2.24, 2.45) is 0 Å². The van der Waals surface area contributed by atoms with Gasteiger partial charge in [-0.3, -0.25) is 4.90 Å². The van der Waals surface area contributed by atoms with Crippen LogP contribution >= 0.6 is 0 Å². The smallest absolute Gasteiger partial charge is 0.124 e. The number of methoxy groups -OCH3 is 1. The summed E-state index contributed by atoms with van der Waals surface area (Å²) in [6.45, 7) is 8.23. The standard InChI is InChI=1S/C16H27NO3/c1-5-17(8-9-18)11-15(19)14-10-13(12(2)3)6-7-16(14)20-4/h6-7,10,12,15,18-19H,5,8-9,11H2,1-4H3. The summed E-state index contributed by atoms with van der Waals surface area (Å²) in [5.41, 5.74) is 2.00. The SMILES string of the molecule is CCN(CCO)CC(O)c1cc(C(C)C)ccc1OC. The first-order valence-electron chi connectivity index (χ1n) is 7.22. The molecule has 0 radical (unpaired) electrons. The maximum Gasteiger partial charge on any atom is 0.124 e. The molecule has 0 fully saturated rings. The average molecular weight is 281 g/mol. The third-order valence-electron chi connectivity index (χ3n) is 3.57. The molecule has 20 heavy (non-hydrogen) atoms. The maximum absolute atomic E-state index is 10.5. The zero-order valence-corrected chi connectivity index (χ0v) is 13.0. The topological polar surface area (TPSA) is 52.9 Å². The van der Waals surface area contributed by atoms with Gasteiger partial charge in [0, 0.05) is 18.7 Å². The number of hydrogen-bond acceptors (Lipinski definition) is 4. The fourth-order valence-corrected chi connectivity index (χ4v) is 2.24. The minimum Gasteiger partial charge on any atom is -0.496 e. The molecule has 2 N–H and O–H groups in total. The molecular formula is C16H27NO3. The second-order valence-electron chi connectivity index (χ2n) is 5.29. The van der Waals surface area contributed by atoms with Crippen LogP contribution in [0, 0.1) is 0 Å². The largest absolute Gasteiger partial charge is 0.496 e. The van der Waals surface area contributed by atoms with Gasteiger partial charge in [-0.05, 0) is 30.2 Å². The van der Waals surface area contributed by atoms with E-state index in [0.717, 1.165) is 12.1 Å². The third kappa shape index (κ3) is 4.47. The first kappa shape index (κ1) is 17.0. The lowest BCUT2D eigenvalue weighted by molar-refractivity contribution is 0.101. The fourth-order valence-electron chi connectivity index (χ4n) is 2.24. The van der Waals surface area contributed by atoms with Crippen molar-refractivity contribution in [1.82, 2.24) is 4.90 Å². The monoisotopic (exact) mass is 281 g/mol. The third-order valence-corrected chi connectivity index (χ3v) is 3.57. The van der Waals surface area contributed by atoms with Crippen molar-refractivity contribution in [2.75, 3.05) is 33.4 Å². The lowest BCUT2D eigenvalue weighted by Gasteiger charge is -2.24. The van der Waals surface area contributed by atoms with Crippen molar-refractivity contribution < 1.29 is 14.9 Å². The van der Waals surface area contributed by atoms with Gasteiger partial charge in [0.15, 0.2) is 0 Å². The molecule has 1 aromatic carbocycles. The zero-order chi connectivity index (χ0) is 15.1. The summed E-state index contributed by atoms with van der Waals surface area (Å²) in [6, 6.07) is 5.96. The van der Waals surface area contributed by atoms with Crippen LogP contribution in [-0.2, 0) is 0 Å². The highest BCUT2D eigenvalue weighted by molar-refractivity contribution is 5.40. The molecule has 0 aliphatic carbocycles. The van der Waals surface area contributed by atoms with E-state index in [9.17, 15) is 5.11 Å². The van der Waals surface area contributed by atoms with Crippen LogP contribution in [0.4, 0.5) is 0 Å². The van der Waals surface area contributed by atoms with Crippen molar-refractivity contribution in [3.63, 3.8) is 0 Å². The highest BCUT2D eigenvalue weighted by Gasteiger charge is 2.17. The van der Waals surface area contributed by atoms with Gasteiger partial charge in [0.25, 0.3) is 0 Å². The Balaban J connectivity index is 2.94. The predicted octanol–water partition coefficient (Wildman–Crippen LogP) is 2.17. The number of nitrogens with zero attached hydrogens (tertiary/aromatic N) is 1. The van der Waals surface area contributed by atoms with Crippen LogP contribution < -0.4 is 4.74 Å². The number of aliphatic hydroxyl groups is 2. The number of rotatable bonds is 8. The van der Waals surface area contributed by atoms with Gasteiger partial charge in [0.1, 0.15) is 5.75 Å². The molecule has 1 aromatic rings. The van der Waals surface area contributed by atoms with Crippen molar-refractivity contribution in [2.45, 2.75) is 32.8 Å². The summed E-state index contributed by atoms with van der Waals surface area (Å²) in [5.74, 6) is 1.12. The molecule has 4 heteroatoms. The molecule has 1 unspecified atom stereocenters. The molecule has 1 atom stereocenters. The van der Waals surface area contributed by atoms with E-state index in [4.69, 9.17) is 9.84 Å². The summed E-state index contributed by atoms with van der Waals surface area (Å²) >= 11 is 0. The first-order valence-corrected chi connectivity index (χ1v) is 7.22. The van der Waals surface area contributed by atoms with Gasteiger partial charge < -0.3 is 14.9 Å². The average Bonchev–Trinajstić information content (AvgIpc) is 2.45. The Bertz CT molecular complexity index is 407. The van der Waals surface area contributed by atoms with E-state index in [0.29, 0.717) is 24.8 Å². The Morgan fingerprint density at radius 3 is 2.50 bits per heavy atom. The van der Waals surface area contributed by atoms with Crippen molar-refractivity contribution in [3.8, 4) is 5.75 Å². The van der Waals surface area contributed by atoms with E-state index in [1.165, 1.54) is 5.56 Å². The number of aliphatic hydroxyl groups excluding tert-OH is 2. The summed E-state index contributed by atoms with van der Waals surface area (Å²) in [5, 5.41) is 19.5. The van der Waals surface area contributed by atoms with Crippen LogP contribution in [0.3, 0.4) is 0 Å². The van der Waals surface area contributed by atoms with Gasteiger partial charge in [-0.25, -0.2) is 0 Å². The van der Waals surface area contributed by atoms with E-state index < -0.39 is 6.10 Å². The minimum atomic E-state index is -0.616. The highest BCUT2D eigenvalue weighted by Crippen LogP contribution is 2.29. The van der Waals surface area contributed by atoms with E-state index in [-0.39, 0.29) is 6.61 Å².